The molecule has 0 aliphatic carbocycles. The predicted molar refractivity (Wildman–Crippen MR) is 93.4 cm³/mol. The van der Waals surface area contributed by atoms with E-state index in [9.17, 15) is 9.59 Å². The van der Waals surface area contributed by atoms with Gasteiger partial charge in [0.05, 0.1) is 11.4 Å². The second-order valence-electron chi connectivity index (χ2n) is 5.74. The third kappa shape index (κ3) is 4.10. The minimum absolute atomic E-state index is 0.238. The Hall–Kier alpha value is -2.82. The van der Waals surface area contributed by atoms with Crippen LogP contribution in [0.1, 0.15) is 30.9 Å². The fourth-order valence-corrected chi connectivity index (χ4v) is 2.25. The number of amides is 2. The summed E-state index contributed by atoms with van der Waals surface area (Å²) in [6, 6.07) is 12.7. The van der Waals surface area contributed by atoms with E-state index in [0.717, 1.165) is 11.1 Å². The topological polar surface area (TPSA) is 84.2 Å². The molecule has 0 saturated carbocycles. The van der Waals surface area contributed by atoms with Gasteiger partial charge in [0.25, 0.3) is 0 Å². The van der Waals surface area contributed by atoms with E-state index in [0.29, 0.717) is 17.1 Å². The van der Waals surface area contributed by atoms with E-state index in [1.807, 2.05) is 45.0 Å². The third-order valence-electron chi connectivity index (χ3n) is 3.49. The van der Waals surface area contributed by atoms with Crippen molar-refractivity contribution < 1.29 is 9.59 Å². The van der Waals surface area contributed by atoms with Crippen LogP contribution in [-0.4, -0.2) is 11.8 Å². The van der Waals surface area contributed by atoms with Crippen LogP contribution >= 0.6 is 0 Å². The van der Waals surface area contributed by atoms with Gasteiger partial charge in [-0.15, -0.1) is 0 Å². The average Bonchev–Trinajstić information content (AvgIpc) is 2.51. The van der Waals surface area contributed by atoms with Crippen molar-refractivity contribution in [3.63, 3.8) is 0 Å². The van der Waals surface area contributed by atoms with E-state index in [4.69, 9.17) is 5.73 Å². The second-order valence-corrected chi connectivity index (χ2v) is 5.74. The van der Waals surface area contributed by atoms with Gasteiger partial charge < -0.3 is 16.4 Å². The molecule has 0 aromatic heterocycles. The fraction of sp³-hybridized carbons (Fsp3) is 0.222. The third-order valence-corrected chi connectivity index (χ3v) is 3.49. The first-order valence-electron chi connectivity index (χ1n) is 7.46. The van der Waals surface area contributed by atoms with Crippen LogP contribution in [0.4, 0.5) is 17.1 Å². The van der Waals surface area contributed by atoms with Gasteiger partial charge in [0, 0.05) is 5.69 Å². The highest BCUT2D eigenvalue weighted by Gasteiger charge is 2.17. The van der Waals surface area contributed by atoms with Gasteiger partial charge in [-0.25, -0.2) is 0 Å². The maximum Gasteiger partial charge on any atom is 0.314 e. The molecular formula is C18H21N3O2. The summed E-state index contributed by atoms with van der Waals surface area (Å²) in [5.41, 5.74) is 9.22. The molecule has 0 radical (unpaired) electrons. The molecule has 120 valence electrons. The van der Waals surface area contributed by atoms with E-state index in [-0.39, 0.29) is 5.92 Å². The van der Waals surface area contributed by atoms with Gasteiger partial charge in [-0.3, -0.25) is 9.59 Å². The zero-order valence-corrected chi connectivity index (χ0v) is 13.5. The summed E-state index contributed by atoms with van der Waals surface area (Å²) in [6.45, 7) is 5.94. The van der Waals surface area contributed by atoms with E-state index >= 15 is 0 Å². The van der Waals surface area contributed by atoms with Crippen molar-refractivity contribution in [2.45, 2.75) is 26.7 Å². The Kier molecular flexibility index (Phi) is 5.01. The zero-order chi connectivity index (χ0) is 17.0. The lowest BCUT2D eigenvalue weighted by Gasteiger charge is -2.14. The number of carbonyl (C=O) groups is 2. The van der Waals surface area contributed by atoms with Gasteiger partial charge in [-0.1, -0.05) is 38.1 Å². The van der Waals surface area contributed by atoms with Crippen LogP contribution in [0.3, 0.4) is 0 Å². The van der Waals surface area contributed by atoms with Gasteiger partial charge in [0.15, 0.2) is 0 Å². The van der Waals surface area contributed by atoms with Crippen LogP contribution in [0.15, 0.2) is 42.5 Å². The Morgan fingerprint density at radius 2 is 1.57 bits per heavy atom. The summed E-state index contributed by atoms with van der Waals surface area (Å²) in [6.07, 6.45) is 0. The monoisotopic (exact) mass is 311 g/mol. The molecule has 0 saturated heterocycles. The molecule has 0 bridgehead atoms. The number of hydrogen-bond donors (Lipinski definition) is 3. The Bertz CT molecular complexity index is 739. The summed E-state index contributed by atoms with van der Waals surface area (Å²) in [4.78, 5) is 24.2. The lowest BCUT2D eigenvalue weighted by atomic mass is 10.0. The van der Waals surface area contributed by atoms with Crippen LogP contribution in [-0.2, 0) is 9.59 Å². The van der Waals surface area contributed by atoms with E-state index < -0.39 is 11.8 Å². The van der Waals surface area contributed by atoms with Crippen molar-refractivity contribution in [1.29, 1.82) is 0 Å². The number of anilines is 3. The van der Waals surface area contributed by atoms with Crippen molar-refractivity contribution in [2.24, 2.45) is 0 Å². The number of benzene rings is 2. The number of hydrogen-bond acceptors (Lipinski definition) is 3. The number of nitrogens with one attached hydrogen (secondary N) is 2. The Balaban J connectivity index is 2.12. The van der Waals surface area contributed by atoms with Crippen molar-refractivity contribution in [3.05, 3.63) is 53.6 Å². The molecule has 2 aromatic carbocycles. The Morgan fingerprint density at radius 3 is 2.22 bits per heavy atom. The highest BCUT2D eigenvalue weighted by Crippen LogP contribution is 2.24. The fourth-order valence-electron chi connectivity index (χ4n) is 2.25. The molecular weight excluding hydrogens is 290 g/mol. The number of aryl methyl sites for hydroxylation is 1. The normalized spacial score (nSPS) is 10.4. The number of nitrogen functional groups attached to an aromatic ring is 1. The predicted octanol–water partition coefficient (Wildman–Crippen LogP) is 3.28. The smallest absolute Gasteiger partial charge is 0.314 e. The molecule has 0 unspecified atom stereocenters. The summed E-state index contributed by atoms with van der Waals surface area (Å²) >= 11 is 0. The molecule has 0 aliphatic heterocycles. The molecule has 0 aliphatic rings. The lowest BCUT2D eigenvalue weighted by molar-refractivity contribution is -0.132. The van der Waals surface area contributed by atoms with E-state index in [2.05, 4.69) is 10.6 Å². The van der Waals surface area contributed by atoms with E-state index in [1.165, 1.54) is 0 Å². The van der Waals surface area contributed by atoms with Crippen molar-refractivity contribution >= 4 is 28.9 Å². The molecule has 2 amide bonds. The lowest BCUT2D eigenvalue weighted by Crippen LogP contribution is -2.29. The summed E-state index contributed by atoms with van der Waals surface area (Å²) in [5, 5.41) is 5.20. The minimum atomic E-state index is -0.749. The van der Waals surface area contributed by atoms with Crippen LogP contribution in [0.25, 0.3) is 0 Å². The van der Waals surface area contributed by atoms with Crippen LogP contribution in [0, 0.1) is 6.92 Å². The first kappa shape index (κ1) is 16.5. The number of nitrogens with two attached hydrogens (primary N) is 1. The standard InChI is InChI=1S/C18H21N3O2/c1-11(2)13-6-4-5-7-15(13)20-17(22)18(23)21-16-10-12(3)8-9-14(16)19/h4-11H,19H2,1-3H3,(H,20,22)(H,21,23). The first-order valence-corrected chi connectivity index (χ1v) is 7.46. The molecule has 23 heavy (non-hydrogen) atoms. The maximum absolute atomic E-state index is 12.1. The summed E-state index contributed by atoms with van der Waals surface area (Å²) in [5.74, 6) is -1.23. The van der Waals surface area contributed by atoms with Crippen molar-refractivity contribution in [2.75, 3.05) is 16.4 Å². The largest absolute Gasteiger partial charge is 0.397 e. The quantitative estimate of drug-likeness (QED) is 0.601. The van der Waals surface area contributed by atoms with Gasteiger partial charge in [-0.2, -0.15) is 0 Å². The van der Waals surface area contributed by atoms with Gasteiger partial charge in [-0.05, 0) is 42.2 Å². The van der Waals surface area contributed by atoms with E-state index in [1.54, 1.807) is 18.2 Å². The first-order chi connectivity index (χ1) is 10.9. The molecule has 2 rings (SSSR count). The van der Waals surface area contributed by atoms with Crippen molar-refractivity contribution in [3.8, 4) is 0 Å². The maximum atomic E-state index is 12.1. The molecule has 0 fully saturated rings. The van der Waals surface area contributed by atoms with Crippen molar-refractivity contribution in [1.82, 2.24) is 0 Å². The van der Waals surface area contributed by atoms with Crippen LogP contribution in [0.2, 0.25) is 0 Å². The van der Waals surface area contributed by atoms with Gasteiger partial charge in [0.2, 0.25) is 0 Å². The van der Waals surface area contributed by atoms with Crippen LogP contribution in [0.5, 0.6) is 0 Å². The molecule has 2 aromatic rings. The Labute approximate surface area is 135 Å². The molecule has 5 nitrogen and oxygen atoms in total. The molecule has 0 atom stereocenters. The Morgan fingerprint density at radius 1 is 0.957 bits per heavy atom. The van der Waals surface area contributed by atoms with Gasteiger partial charge >= 0.3 is 11.8 Å². The number of carbonyl (C=O) groups excluding carboxylic acids is 2. The average molecular weight is 311 g/mol. The van der Waals surface area contributed by atoms with Crippen LogP contribution < -0.4 is 16.4 Å². The number of rotatable bonds is 3. The molecule has 0 spiro atoms. The minimum Gasteiger partial charge on any atom is -0.397 e. The highest BCUT2D eigenvalue weighted by atomic mass is 16.2. The number of para-hydroxylation sites is 1. The summed E-state index contributed by atoms with van der Waals surface area (Å²) < 4.78 is 0. The highest BCUT2D eigenvalue weighted by molar-refractivity contribution is 6.44. The molecule has 0 heterocycles. The SMILES string of the molecule is Cc1ccc(N)c(NC(=O)C(=O)Nc2ccccc2C(C)C)c1. The van der Waals surface area contributed by atoms with Gasteiger partial charge in [0.1, 0.15) is 0 Å². The second kappa shape index (κ2) is 6.96. The zero-order valence-electron chi connectivity index (χ0n) is 13.5. The molecule has 5 heteroatoms. The summed E-state index contributed by atoms with van der Waals surface area (Å²) in [7, 11) is 0. The molecule has 4 N–H and O–H groups in total.